The van der Waals surface area contributed by atoms with Gasteiger partial charge in [0.2, 0.25) is 0 Å². The maximum absolute atomic E-state index is 11.7. The summed E-state index contributed by atoms with van der Waals surface area (Å²) in [4.78, 5) is 11.7. The molecule has 0 saturated carbocycles. The van der Waals surface area contributed by atoms with Crippen LogP contribution in [0.25, 0.3) is 0 Å². The van der Waals surface area contributed by atoms with E-state index in [2.05, 4.69) is 19.1 Å². The zero-order valence-corrected chi connectivity index (χ0v) is 16.8. The van der Waals surface area contributed by atoms with Gasteiger partial charge in [-0.3, -0.25) is 4.79 Å². The molecule has 0 atom stereocenters. The predicted octanol–water partition coefficient (Wildman–Crippen LogP) is 7.63. The van der Waals surface area contributed by atoms with Gasteiger partial charge in [-0.05, 0) is 31.4 Å². The standard InChI is InChI=1S/C24H38O2/c1-2-3-4-5-6-7-8-9-10-11-12-13-14-15-19-22-24(25)26-23-20-17-16-18-21-23/h14-18,20-21H,2-13,19,22H2,1H3. The van der Waals surface area contributed by atoms with E-state index >= 15 is 0 Å². The monoisotopic (exact) mass is 358 g/mol. The van der Waals surface area contributed by atoms with Gasteiger partial charge in [0.25, 0.3) is 0 Å². The minimum Gasteiger partial charge on any atom is -0.427 e. The molecule has 0 unspecified atom stereocenters. The number of para-hydroxylation sites is 1. The zero-order chi connectivity index (χ0) is 18.7. The summed E-state index contributed by atoms with van der Waals surface area (Å²) in [6.45, 7) is 2.27. The van der Waals surface area contributed by atoms with E-state index in [4.69, 9.17) is 4.74 Å². The van der Waals surface area contributed by atoms with Crippen LogP contribution in [0.5, 0.6) is 5.75 Å². The molecule has 2 nitrogen and oxygen atoms in total. The number of benzene rings is 1. The van der Waals surface area contributed by atoms with Crippen LogP contribution in [0.3, 0.4) is 0 Å². The smallest absolute Gasteiger partial charge is 0.311 e. The van der Waals surface area contributed by atoms with Crippen LogP contribution < -0.4 is 4.74 Å². The number of hydrogen-bond donors (Lipinski definition) is 0. The minimum absolute atomic E-state index is 0.157. The molecule has 0 N–H and O–H groups in total. The molecule has 0 aromatic heterocycles. The molecule has 26 heavy (non-hydrogen) atoms. The van der Waals surface area contributed by atoms with Gasteiger partial charge >= 0.3 is 5.97 Å². The molecule has 0 saturated heterocycles. The van der Waals surface area contributed by atoms with Crippen molar-refractivity contribution in [2.45, 2.75) is 96.8 Å². The number of hydrogen-bond acceptors (Lipinski definition) is 2. The van der Waals surface area contributed by atoms with Crippen LogP contribution in [-0.2, 0) is 4.79 Å². The summed E-state index contributed by atoms with van der Waals surface area (Å²) in [6.07, 6.45) is 21.9. The molecule has 0 spiro atoms. The van der Waals surface area contributed by atoms with Crippen molar-refractivity contribution in [3.8, 4) is 5.75 Å². The SMILES string of the molecule is CCCCCCCCCCCCCC=CCCC(=O)Oc1ccccc1. The molecule has 1 aromatic carbocycles. The number of carbonyl (C=O) groups is 1. The highest BCUT2D eigenvalue weighted by atomic mass is 16.5. The fourth-order valence-corrected chi connectivity index (χ4v) is 3.03. The van der Waals surface area contributed by atoms with Gasteiger partial charge in [-0.15, -0.1) is 0 Å². The molecule has 1 rings (SSSR count). The molecule has 1 aromatic rings. The minimum atomic E-state index is -0.157. The van der Waals surface area contributed by atoms with Crippen LogP contribution in [0.15, 0.2) is 42.5 Å². The third-order valence-electron chi connectivity index (χ3n) is 4.63. The van der Waals surface area contributed by atoms with Crippen molar-refractivity contribution in [2.75, 3.05) is 0 Å². The first-order valence-corrected chi connectivity index (χ1v) is 10.7. The second kappa shape index (κ2) is 16.9. The fraction of sp³-hybridized carbons (Fsp3) is 0.625. The first-order valence-electron chi connectivity index (χ1n) is 10.7. The Morgan fingerprint density at radius 2 is 1.31 bits per heavy atom. The Morgan fingerprint density at radius 1 is 0.769 bits per heavy atom. The van der Waals surface area contributed by atoms with Crippen molar-refractivity contribution in [3.63, 3.8) is 0 Å². The molecular weight excluding hydrogens is 320 g/mol. The van der Waals surface area contributed by atoms with E-state index in [9.17, 15) is 4.79 Å². The van der Waals surface area contributed by atoms with Crippen LogP contribution >= 0.6 is 0 Å². The normalized spacial score (nSPS) is 11.1. The van der Waals surface area contributed by atoms with Crippen LogP contribution in [0.1, 0.15) is 96.8 Å². The van der Waals surface area contributed by atoms with Crippen molar-refractivity contribution < 1.29 is 9.53 Å². The van der Waals surface area contributed by atoms with Gasteiger partial charge in [0, 0.05) is 6.42 Å². The topological polar surface area (TPSA) is 26.3 Å². The van der Waals surface area contributed by atoms with Crippen molar-refractivity contribution in [3.05, 3.63) is 42.5 Å². The lowest BCUT2D eigenvalue weighted by molar-refractivity contribution is -0.134. The molecule has 0 heterocycles. The van der Waals surface area contributed by atoms with Crippen molar-refractivity contribution in [1.29, 1.82) is 0 Å². The van der Waals surface area contributed by atoms with E-state index in [1.54, 1.807) is 12.1 Å². The summed E-state index contributed by atoms with van der Waals surface area (Å²) in [5.41, 5.74) is 0. The van der Waals surface area contributed by atoms with E-state index in [0.29, 0.717) is 12.2 Å². The average molecular weight is 359 g/mol. The number of allylic oxidation sites excluding steroid dienone is 2. The van der Waals surface area contributed by atoms with Crippen LogP contribution in [0, 0.1) is 0 Å². The Morgan fingerprint density at radius 3 is 1.92 bits per heavy atom. The van der Waals surface area contributed by atoms with Crippen molar-refractivity contribution >= 4 is 5.97 Å². The number of unbranched alkanes of at least 4 members (excludes halogenated alkanes) is 11. The van der Waals surface area contributed by atoms with Gasteiger partial charge in [0.05, 0.1) is 0 Å². The van der Waals surface area contributed by atoms with Gasteiger partial charge in [0.15, 0.2) is 0 Å². The average Bonchev–Trinajstić information content (AvgIpc) is 2.65. The summed E-state index contributed by atoms with van der Waals surface area (Å²) in [5.74, 6) is 0.470. The van der Waals surface area contributed by atoms with Crippen LogP contribution in [-0.4, -0.2) is 5.97 Å². The second-order valence-corrected chi connectivity index (χ2v) is 7.12. The highest BCUT2D eigenvalue weighted by Crippen LogP contribution is 2.12. The zero-order valence-electron chi connectivity index (χ0n) is 16.8. The maximum atomic E-state index is 11.7. The van der Waals surface area contributed by atoms with Crippen LogP contribution in [0.4, 0.5) is 0 Å². The largest absolute Gasteiger partial charge is 0.427 e. The van der Waals surface area contributed by atoms with E-state index in [1.807, 2.05) is 18.2 Å². The van der Waals surface area contributed by atoms with Crippen molar-refractivity contribution in [2.24, 2.45) is 0 Å². The lowest BCUT2D eigenvalue weighted by Crippen LogP contribution is -2.06. The first kappa shape index (κ1) is 22.5. The highest BCUT2D eigenvalue weighted by molar-refractivity contribution is 5.72. The number of esters is 1. The summed E-state index contributed by atoms with van der Waals surface area (Å²) in [7, 11) is 0. The fourth-order valence-electron chi connectivity index (χ4n) is 3.03. The van der Waals surface area contributed by atoms with Gasteiger partial charge < -0.3 is 4.74 Å². The molecule has 0 bridgehead atoms. The third kappa shape index (κ3) is 13.7. The van der Waals surface area contributed by atoms with Crippen molar-refractivity contribution in [1.82, 2.24) is 0 Å². The molecule has 0 amide bonds. The van der Waals surface area contributed by atoms with E-state index < -0.39 is 0 Å². The Hall–Kier alpha value is -1.57. The number of ether oxygens (including phenoxy) is 1. The quantitative estimate of drug-likeness (QED) is 0.131. The summed E-state index contributed by atoms with van der Waals surface area (Å²) in [5, 5.41) is 0. The van der Waals surface area contributed by atoms with E-state index in [-0.39, 0.29) is 5.97 Å². The molecule has 0 fully saturated rings. The first-order chi connectivity index (χ1) is 12.8. The molecule has 0 aliphatic rings. The second-order valence-electron chi connectivity index (χ2n) is 7.12. The molecule has 0 radical (unpaired) electrons. The molecular formula is C24H38O2. The Balaban J connectivity index is 1.84. The van der Waals surface area contributed by atoms with E-state index in [0.717, 1.165) is 12.8 Å². The van der Waals surface area contributed by atoms with Gasteiger partial charge in [0.1, 0.15) is 5.75 Å². The van der Waals surface area contributed by atoms with E-state index in [1.165, 1.54) is 70.6 Å². The Labute approximate surface area is 161 Å². The van der Waals surface area contributed by atoms with Crippen LogP contribution in [0.2, 0.25) is 0 Å². The number of carbonyl (C=O) groups excluding carboxylic acids is 1. The Bertz CT molecular complexity index is 464. The third-order valence-corrected chi connectivity index (χ3v) is 4.63. The highest BCUT2D eigenvalue weighted by Gasteiger charge is 2.02. The Kier molecular flexibility index (Phi) is 14.6. The maximum Gasteiger partial charge on any atom is 0.311 e. The summed E-state index contributed by atoms with van der Waals surface area (Å²) < 4.78 is 5.26. The molecule has 0 aliphatic carbocycles. The molecule has 146 valence electrons. The van der Waals surface area contributed by atoms with Gasteiger partial charge in [-0.1, -0.05) is 101 Å². The lowest BCUT2D eigenvalue weighted by atomic mass is 10.1. The van der Waals surface area contributed by atoms with Gasteiger partial charge in [-0.25, -0.2) is 0 Å². The molecule has 0 aliphatic heterocycles. The summed E-state index contributed by atoms with van der Waals surface area (Å²) in [6, 6.07) is 9.27. The predicted molar refractivity (Wildman–Crippen MR) is 112 cm³/mol. The summed E-state index contributed by atoms with van der Waals surface area (Å²) >= 11 is 0. The molecule has 2 heteroatoms. The number of rotatable bonds is 16. The lowest BCUT2D eigenvalue weighted by Gasteiger charge is -2.02. The van der Waals surface area contributed by atoms with Gasteiger partial charge in [-0.2, -0.15) is 0 Å².